The van der Waals surface area contributed by atoms with E-state index < -0.39 is 7.32 Å². The molecule has 0 aliphatic heterocycles. The summed E-state index contributed by atoms with van der Waals surface area (Å²) < 4.78 is 15.7. The van der Waals surface area contributed by atoms with Crippen molar-refractivity contribution in [3.05, 3.63) is 37.2 Å². The number of nitrogens with zero attached hydrogens (tertiary/aromatic N) is 9. The van der Waals surface area contributed by atoms with Gasteiger partial charge in [0.05, 0.1) is 37.2 Å². The maximum atomic E-state index is 5.22. The number of hydrogen-bond donors (Lipinski definition) is 0. The van der Waals surface area contributed by atoms with Crippen molar-refractivity contribution in [1.82, 2.24) is 45.5 Å². The van der Waals surface area contributed by atoms with Crippen LogP contribution >= 0.6 is 0 Å². The van der Waals surface area contributed by atoms with Gasteiger partial charge in [-0.05, 0) is 15.6 Å². The van der Waals surface area contributed by atoms with Gasteiger partial charge in [0.1, 0.15) is 0 Å². The van der Waals surface area contributed by atoms with Gasteiger partial charge in [-0.15, -0.1) is 15.3 Å². The average molecular weight is 302 g/mol. The molecule has 97 valence electrons. The molecule has 20 heavy (non-hydrogen) atoms. The van der Waals surface area contributed by atoms with E-state index in [1.54, 1.807) is 0 Å². The van der Waals surface area contributed by atoms with Crippen LogP contribution in [0.4, 0.5) is 0 Å². The van der Waals surface area contributed by atoms with E-state index in [1.165, 1.54) is 37.2 Å². The smallest absolute Gasteiger partial charge is 0.379 e. The van der Waals surface area contributed by atoms with Gasteiger partial charge in [-0.25, -0.2) is 0 Å². The van der Waals surface area contributed by atoms with Gasteiger partial charge in [0.15, 0.2) is 0 Å². The van der Waals surface area contributed by atoms with Gasteiger partial charge in [0, 0.05) is 51.4 Å². The van der Waals surface area contributed by atoms with Crippen LogP contribution in [-0.2, 0) is 0 Å². The van der Waals surface area contributed by atoms with Crippen molar-refractivity contribution in [2.75, 3.05) is 0 Å². The zero-order chi connectivity index (χ0) is 12.9. The number of hydrogen-bond acceptors (Lipinski definition) is 9. The van der Waals surface area contributed by atoms with Gasteiger partial charge in [-0.3, -0.25) is 0 Å². The second-order valence-corrected chi connectivity index (χ2v) is 3.02. The Balaban J connectivity index is 0.00000147. The molecule has 0 amide bonds. The fraction of sp³-hybridized carbons (Fsp3) is 0. The molecule has 0 N–H and O–H groups in total. The Kier molecular flexibility index (Phi) is 5.48. The van der Waals surface area contributed by atoms with Crippen LogP contribution in [-0.4, -0.2) is 104 Å². The molecule has 0 atom stereocenters. The Morgan fingerprint density at radius 1 is 0.650 bits per heavy atom. The molecule has 12 nitrogen and oxygen atoms in total. The van der Waals surface area contributed by atoms with E-state index in [1.807, 2.05) is 0 Å². The summed E-state index contributed by atoms with van der Waals surface area (Å²) in [5.74, 6) is 0. The Hall–Kier alpha value is -1.48. The monoisotopic (exact) mass is 302 g/mol. The third-order valence-corrected chi connectivity index (χ3v) is 1.78. The summed E-state index contributed by atoms with van der Waals surface area (Å²) in [7, 11) is -1.23. The van der Waals surface area contributed by atoms with E-state index in [0.29, 0.717) is 0 Å². The Morgan fingerprint density at radius 2 is 1.00 bits per heavy atom. The second-order valence-electron chi connectivity index (χ2n) is 3.02. The van der Waals surface area contributed by atoms with E-state index in [4.69, 9.17) is 14.3 Å². The van der Waals surface area contributed by atoms with Gasteiger partial charge < -0.3 is 14.3 Å². The van der Waals surface area contributed by atoms with Gasteiger partial charge in [0.2, 0.25) is 0 Å². The SMILES string of the molecule is [K].c1cn(OB(On2ccnn2)On2ccnn2)nn1. The molecule has 3 aromatic rings. The van der Waals surface area contributed by atoms with Crippen LogP contribution in [0, 0.1) is 0 Å². The molecule has 0 saturated carbocycles. The molecule has 1 radical (unpaired) electrons. The summed E-state index contributed by atoms with van der Waals surface area (Å²) in [6.45, 7) is 0. The predicted octanol–water partition coefficient (Wildman–Crippen LogP) is -3.25. The summed E-state index contributed by atoms with van der Waals surface area (Å²) in [4.78, 5) is 3.16. The van der Waals surface area contributed by atoms with E-state index in [-0.39, 0.29) is 51.4 Å². The minimum absolute atomic E-state index is 0. The zero-order valence-corrected chi connectivity index (χ0v) is 13.4. The summed E-state index contributed by atoms with van der Waals surface area (Å²) >= 11 is 0. The third kappa shape index (κ3) is 4.01. The topological polar surface area (TPSA) is 120 Å². The van der Waals surface area contributed by atoms with Crippen LogP contribution in [0.3, 0.4) is 0 Å². The maximum Gasteiger partial charge on any atom is 0.929 e. The van der Waals surface area contributed by atoms with Crippen LogP contribution in [0.2, 0.25) is 0 Å². The molecule has 0 unspecified atom stereocenters. The van der Waals surface area contributed by atoms with Crippen LogP contribution in [0.5, 0.6) is 0 Å². The Morgan fingerprint density at radius 3 is 1.25 bits per heavy atom. The minimum atomic E-state index is -1.23. The predicted molar refractivity (Wildman–Crippen MR) is 61.3 cm³/mol. The van der Waals surface area contributed by atoms with Crippen molar-refractivity contribution in [3.8, 4) is 0 Å². The molecule has 0 spiro atoms. The molecular weight excluding hydrogens is 296 g/mol. The summed E-state index contributed by atoms with van der Waals surface area (Å²) in [5.41, 5.74) is 0. The molecule has 3 heterocycles. The number of rotatable bonds is 6. The van der Waals surface area contributed by atoms with Crippen LogP contribution in [0.25, 0.3) is 0 Å². The molecule has 3 rings (SSSR count). The fourth-order valence-corrected chi connectivity index (χ4v) is 1.08. The van der Waals surface area contributed by atoms with E-state index in [2.05, 4.69) is 30.9 Å². The summed E-state index contributed by atoms with van der Waals surface area (Å²) in [6, 6.07) is 0. The molecule has 0 aliphatic carbocycles. The van der Waals surface area contributed by atoms with E-state index >= 15 is 0 Å². The maximum absolute atomic E-state index is 5.22. The first-order valence-electron chi connectivity index (χ1n) is 5.00. The first kappa shape index (κ1) is 14.9. The second kappa shape index (κ2) is 7.34. The van der Waals surface area contributed by atoms with Gasteiger partial charge in [-0.1, -0.05) is 14.5 Å². The van der Waals surface area contributed by atoms with Crippen molar-refractivity contribution >= 4 is 58.7 Å². The van der Waals surface area contributed by atoms with Crippen molar-refractivity contribution in [2.45, 2.75) is 0 Å². The molecule has 0 aromatic carbocycles. The Labute approximate surface area is 154 Å². The van der Waals surface area contributed by atoms with Crippen LogP contribution in [0.15, 0.2) is 37.2 Å². The average Bonchev–Trinajstić information content (AvgIpc) is 3.10. The van der Waals surface area contributed by atoms with Gasteiger partial charge >= 0.3 is 7.32 Å². The van der Waals surface area contributed by atoms with E-state index in [0.717, 1.165) is 14.5 Å². The molecule has 0 saturated heterocycles. The standard InChI is InChI=1S/C6H6BN9O3.K/c1-4-14(11-8-1)17-7(18-15-5-2-9-12-15)19-16-6-3-10-13-16;/h1-6H;. The fourth-order valence-electron chi connectivity index (χ4n) is 1.08. The van der Waals surface area contributed by atoms with Crippen molar-refractivity contribution in [3.63, 3.8) is 0 Å². The van der Waals surface area contributed by atoms with Crippen LogP contribution < -0.4 is 14.3 Å². The molecule has 0 fully saturated rings. The van der Waals surface area contributed by atoms with Crippen molar-refractivity contribution < 1.29 is 14.3 Å². The molecule has 0 bridgehead atoms. The molecular formula is C6H6BKN9O3. The van der Waals surface area contributed by atoms with Crippen molar-refractivity contribution in [1.29, 1.82) is 0 Å². The Bertz CT molecular complexity index is 501. The molecule has 14 heteroatoms. The largest absolute Gasteiger partial charge is 0.929 e. The quantitative estimate of drug-likeness (QED) is 0.432. The first-order valence-corrected chi connectivity index (χ1v) is 5.00. The van der Waals surface area contributed by atoms with Crippen molar-refractivity contribution in [2.24, 2.45) is 0 Å². The minimum Gasteiger partial charge on any atom is -0.379 e. The first-order chi connectivity index (χ1) is 9.40. The summed E-state index contributed by atoms with van der Waals surface area (Å²) in [6.07, 6.45) is 8.68. The summed E-state index contributed by atoms with van der Waals surface area (Å²) in [5, 5.41) is 21.6. The van der Waals surface area contributed by atoms with E-state index in [9.17, 15) is 0 Å². The molecule has 0 aliphatic rings. The van der Waals surface area contributed by atoms with Crippen LogP contribution in [0.1, 0.15) is 0 Å². The normalized spacial score (nSPS) is 9.60. The van der Waals surface area contributed by atoms with Gasteiger partial charge in [0.25, 0.3) is 0 Å². The van der Waals surface area contributed by atoms with Gasteiger partial charge in [-0.2, -0.15) is 0 Å². The molecule has 3 aromatic heterocycles. The third-order valence-electron chi connectivity index (χ3n) is 1.78. The number of aromatic nitrogens is 9. The zero-order valence-electron chi connectivity index (χ0n) is 10.3.